The van der Waals surface area contributed by atoms with Gasteiger partial charge in [0.2, 0.25) is 11.8 Å². The summed E-state index contributed by atoms with van der Waals surface area (Å²) in [4.78, 5) is 36.2. The highest BCUT2D eigenvalue weighted by Gasteiger charge is 2.37. The van der Waals surface area contributed by atoms with Crippen LogP contribution in [0.1, 0.15) is 51.3 Å². The third-order valence-corrected chi connectivity index (χ3v) is 6.92. The molecule has 3 aliphatic rings. The van der Waals surface area contributed by atoms with Gasteiger partial charge in [-0.15, -0.1) is 0 Å². The van der Waals surface area contributed by atoms with Crippen LogP contribution in [0, 0.1) is 11.8 Å². The van der Waals surface area contributed by atoms with E-state index < -0.39 is 0 Å². The van der Waals surface area contributed by atoms with E-state index in [1.54, 1.807) is 6.20 Å². The Hall–Kier alpha value is -1.89. The van der Waals surface area contributed by atoms with Crippen molar-refractivity contribution in [2.24, 2.45) is 11.8 Å². The maximum Gasteiger partial charge on any atom is 0.227 e. The third kappa shape index (κ3) is 4.65. The Bertz CT molecular complexity index is 721. The van der Waals surface area contributed by atoms with Gasteiger partial charge in [0.05, 0.1) is 12.5 Å². The third-order valence-electron chi connectivity index (χ3n) is 6.92. The highest BCUT2D eigenvalue weighted by molar-refractivity contribution is 5.81. The number of likely N-dealkylation sites (tertiary alicyclic amines) is 2. The first kappa shape index (κ1) is 20.4. The molecule has 2 amide bonds. The van der Waals surface area contributed by atoms with Crippen LogP contribution in [0.25, 0.3) is 0 Å². The molecule has 160 valence electrons. The predicted molar refractivity (Wildman–Crippen MR) is 111 cm³/mol. The lowest BCUT2D eigenvalue weighted by molar-refractivity contribution is -0.137. The van der Waals surface area contributed by atoms with Crippen LogP contribution < -0.4 is 0 Å². The van der Waals surface area contributed by atoms with Crippen LogP contribution in [0.4, 0.5) is 0 Å². The summed E-state index contributed by atoms with van der Waals surface area (Å²) >= 11 is 0. The quantitative estimate of drug-likeness (QED) is 0.731. The maximum absolute atomic E-state index is 13.1. The van der Waals surface area contributed by atoms with Gasteiger partial charge in [-0.3, -0.25) is 14.5 Å². The predicted octanol–water partition coefficient (Wildman–Crippen LogP) is 1.97. The maximum atomic E-state index is 13.1. The van der Waals surface area contributed by atoms with Gasteiger partial charge in [0, 0.05) is 57.6 Å². The number of piperidine rings is 2. The molecule has 3 fully saturated rings. The van der Waals surface area contributed by atoms with Gasteiger partial charge in [-0.05, 0) is 52.0 Å². The molecule has 1 aromatic heterocycles. The number of carbonyl (C=O) groups excluding carboxylic acids is 2. The SMILES string of the molecule is CCn1ccnc1CN(C)C(=O)C1CCCN(C2CCN(C(=O)C3CC3)CC2)C1. The van der Waals surface area contributed by atoms with Crippen molar-refractivity contribution < 1.29 is 9.59 Å². The summed E-state index contributed by atoms with van der Waals surface area (Å²) in [5, 5.41) is 0. The molecule has 4 rings (SSSR count). The molecule has 0 N–H and O–H groups in total. The molecule has 2 saturated heterocycles. The Morgan fingerprint density at radius 2 is 1.86 bits per heavy atom. The molecule has 29 heavy (non-hydrogen) atoms. The van der Waals surface area contributed by atoms with E-state index in [1.807, 2.05) is 18.1 Å². The number of carbonyl (C=O) groups is 2. The van der Waals surface area contributed by atoms with Gasteiger partial charge >= 0.3 is 0 Å². The fourth-order valence-electron chi connectivity index (χ4n) is 4.96. The standard InChI is InChI=1S/C22H35N5O2/c1-3-25-14-10-23-20(25)16-24(2)21(28)18-5-4-11-27(15-18)19-8-12-26(13-9-19)22(29)17-6-7-17/h10,14,17-19H,3-9,11-13,15-16H2,1-2H3. The molecule has 0 radical (unpaired) electrons. The summed E-state index contributed by atoms with van der Waals surface area (Å²) in [6.45, 7) is 7.23. The lowest BCUT2D eigenvalue weighted by Gasteiger charge is -2.42. The second-order valence-electron chi connectivity index (χ2n) is 8.99. The van der Waals surface area contributed by atoms with Gasteiger partial charge in [0.15, 0.2) is 0 Å². The summed E-state index contributed by atoms with van der Waals surface area (Å²) in [7, 11) is 1.90. The molecular formula is C22H35N5O2. The van der Waals surface area contributed by atoms with Gasteiger partial charge in [0.25, 0.3) is 0 Å². The van der Waals surface area contributed by atoms with Crippen LogP contribution in [-0.2, 0) is 22.7 Å². The molecule has 2 aliphatic heterocycles. The lowest BCUT2D eigenvalue weighted by Crippen LogP contribution is -2.51. The van der Waals surface area contributed by atoms with Crippen LogP contribution >= 0.6 is 0 Å². The molecule has 0 aromatic carbocycles. The number of nitrogens with zero attached hydrogens (tertiary/aromatic N) is 5. The molecule has 1 aromatic rings. The zero-order valence-corrected chi connectivity index (χ0v) is 17.9. The molecule has 0 spiro atoms. The molecule has 1 aliphatic carbocycles. The van der Waals surface area contributed by atoms with E-state index in [4.69, 9.17) is 0 Å². The van der Waals surface area contributed by atoms with E-state index in [9.17, 15) is 9.59 Å². The van der Waals surface area contributed by atoms with Gasteiger partial charge in [-0.2, -0.15) is 0 Å². The zero-order valence-electron chi connectivity index (χ0n) is 17.9. The normalized spacial score (nSPS) is 23.9. The Balaban J connectivity index is 1.28. The van der Waals surface area contributed by atoms with Crippen molar-refractivity contribution in [2.45, 2.75) is 64.6 Å². The van der Waals surface area contributed by atoms with Crippen LogP contribution in [0.3, 0.4) is 0 Å². The van der Waals surface area contributed by atoms with Crippen LogP contribution in [-0.4, -0.2) is 75.3 Å². The van der Waals surface area contributed by atoms with E-state index >= 15 is 0 Å². The highest BCUT2D eigenvalue weighted by Crippen LogP contribution is 2.32. The number of rotatable bonds is 6. The lowest BCUT2D eigenvalue weighted by atomic mass is 9.93. The Labute approximate surface area is 174 Å². The fraction of sp³-hybridized carbons (Fsp3) is 0.773. The molecule has 7 heteroatoms. The summed E-state index contributed by atoms with van der Waals surface area (Å²) in [6.07, 6.45) is 10.1. The zero-order chi connectivity index (χ0) is 20.4. The monoisotopic (exact) mass is 401 g/mol. The van der Waals surface area contributed by atoms with Gasteiger partial charge in [-0.25, -0.2) is 4.98 Å². The van der Waals surface area contributed by atoms with Crippen LogP contribution in [0.15, 0.2) is 12.4 Å². The summed E-state index contributed by atoms with van der Waals surface area (Å²) in [5.74, 6) is 1.96. The topological polar surface area (TPSA) is 61.7 Å². The van der Waals surface area contributed by atoms with Gasteiger partial charge < -0.3 is 14.4 Å². The van der Waals surface area contributed by atoms with E-state index in [-0.39, 0.29) is 11.8 Å². The van der Waals surface area contributed by atoms with Crippen molar-refractivity contribution in [1.82, 2.24) is 24.3 Å². The number of imidazole rings is 1. The second kappa shape index (κ2) is 8.86. The van der Waals surface area contributed by atoms with Crippen molar-refractivity contribution in [3.8, 4) is 0 Å². The minimum atomic E-state index is 0.0740. The van der Waals surface area contributed by atoms with Crippen LogP contribution in [0.5, 0.6) is 0 Å². The molecule has 1 unspecified atom stereocenters. The molecule has 1 saturated carbocycles. The number of hydrogen-bond acceptors (Lipinski definition) is 4. The number of hydrogen-bond donors (Lipinski definition) is 0. The van der Waals surface area contributed by atoms with Crippen molar-refractivity contribution in [3.63, 3.8) is 0 Å². The first-order valence-electron chi connectivity index (χ1n) is 11.3. The smallest absolute Gasteiger partial charge is 0.227 e. The first-order valence-corrected chi connectivity index (χ1v) is 11.3. The Morgan fingerprint density at radius 1 is 1.10 bits per heavy atom. The van der Waals surface area contributed by atoms with Crippen molar-refractivity contribution in [2.75, 3.05) is 33.2 Å². The van der Waals surface area contributed by atoms with E-state index in [1.165, 1.54) is 0 Å². The molecular weight excluding hydrogens is 366 g/mol. The Morgan fingerprint density at radius 3 is 2.55 bits per heavy atom. The molecule has 3 heterocycles. The molecule has 1 atom stereocenters. The van der Waals surface area contributed by atoms with Crippen molar-refractivity contribution in [3.05, 3.63) is 18.2 Å². The Kier molecular flexibility index (Phi) is 6.23. The van der Waals surface area contributed by atoms with E-state index in [0.717, 1.165) is 77.1 Å². The first-order chi connectivity index (χ1) is 14.1. The minimum absolute atomic E-state index is 0.0740. The largest absolute Gasteiger partial charge is 0.342 e. The summed E-state index contributed by atoms with van der Waals surface area (Å²) in [5.41, 5.74) is 0. The van der Waals surface area contributed by atoms with Crippen molar-refractivity contribution in [1.29, 1.82) is 0 Å². The molecule has 0 bridgehead atoms. The minimum Gasteiger partial charge on any atom is -0.342 e. The van der Waals surface area contributed by atoms with Crippen LogP contribution in [0.2, 0.25) is 0 Å². The molecule has 7 nitrogen and oxygen atoms in total. The fourth-order valence-corrected chi connectivity index (χ4v) is 4.96. The van der Waals surface area contributed by atoms with E-state index in [2.05, 4.69) is 26.3 Å². The average Bonchev–Trinajstić information content (AvgIpc) is 3.52. The number of aromatic nitrogens is 2. The highest BCUT2D eigenvalue weighted by atomic mass is 16.2. The van der Waals surface area contributed by atoms with Gasteiger partial charge in [-0.1, -0.05) is 0 Å². The number of aryl methyl sites for hydroxylation is 1. The summed E-state index contributed by atoms with van der Waals surface area (Å²) < 4.78 is 2.09. The second-order valence-corrected chi connectivity index (χ2v) is 8.99. The number of amides is 2. The van der Waals surface area contributed by atoms with Crippen molar-refractivity contribution >= 4 is 11.8 Å². The summed E-state index contributed by atoms with van der Waals surface area (Å²) in [6, 6.07) is 0.512. The van der Waals surface area contributed by atoms with E-state index in [0.29, 0.717) is 24.4 Å². The average molecular weight is 402 g/mol. The van der Waals surface area contributed by atoms with Gasteiger partial charge in [0.1, 0.15) is 5.82 Å².